The van der Waals surface area contributed by atoms with E-state index in [0.717, 1.165) is 13.8 Å². The lowest BCUT2D eigenvalue weighted by Crippen LogP contribution is -2.74. The van der Waals surface area contributed by atoms with Crippen LogP contribution in [0.2, 0.25) is 0 Å². The number of azo groups is 1. The number of rotatable bonds is 28. The molecule has 0 rings (SSSR count). The molecule has 76 heavy (non-hydrogen) atoms. The summed E-state index contributed by atoms with van der Waals surface area (Å²) < 4.78 is 465. The molecule has 0 saturated heterocycles. The first-order valence-electron chi connectivity index (χ1n) is 19.0. The fraction of sp³-hybridized carbons (Fsp3) is 0.882. The van der Waals surface area contributed by atoms with Gasteiger partial charge in [-0.2, -0.15) is 170 Å². The Kier molecular flexibility index (Phi) is 20.0. The third-order valence-electron chi connectivity index (χ3n) is 9.98. The maximum absolute atomic E-state index is 14.1. The maximum Gasteiger partial charge on any atom is 0.460 e. The van der Waals surface area contributed by atoms with E-state index in [4.69, 9.17) is 0 Å². The molecule has 0 aromatic heterocycles. The van der Waals surface area contributed by atoms with Crippen molar-refractivity contribution in [1.82, 2.24) is 0 Å². The van der Waals surface area contributed by atoms with Gasteiger partial charge in [0.15, 0.2) is 11.1 Å². The van der Waals surface area contributed by atoms with E-state index in [2.05, 4.69) is 19.7 Å². The minimum Gasteiger partial charge on any atom is -0.466 e. The van der Waals surface area contributed by atoms with Crippen LogP contribution in [0.1, 0.15) is 65.2 Å². The van der Waals surface area contributed by atoms with Gasteiger partial charge in [-0.05, 0) is 39.5 Å². The van der Waals surface area contributed by atoms with Gasteiger partial charge in [-0.1, -0.05) is 0 Å². The highest BCUT2D eigenvalue weighted by atomic mass is 19.4. The second-order valence-electron chi connectivity index (χ2n) is 15.9. The molecule has 0 amide bonds. The Labute approximate surface area is 398 Å². The van der Waals surface area contributed by atoms with Crippen LogP contribution in [0.3, 0.4) is 0 Å². The summed E-state index contributed by atoms with van der Waals surface area (Å²) in [6, 6.07) is 2.82. The van der Waals surface area contributed by atoms with Crippen LogP contribution in [0.5, 0.6) is 0 Å². The summed E-state index contributed by atoms with van der Waals surface area (Å²) in [6.07, 6.45) is -29.9. The Morgan fingerprint density at radius 3 is 0.737 bits per heavy atom. The van der Waals surface area contributed by atoms with Gasteiger partial charge in [0.25, 0.3) is 0 Å². The van der Waals surface area contributed by atoms with Crippen LogP contribution in [0, 0.1) is 22.7 Å². The molecule has 0 saturated carbocycles. The van der Waals surface area contributed by atoms with Crippen LogP contribution in [-0.2, 0) is 19.1 Å². The predicted octanol–water partition coefficient (Wildman–Crippen LogP) is 14.2. The van der Waals surface area contributed by atoms with Gasteiger partial charge in [0.2, 0.25) is 0 Å². The summed E-state index contributed by atoms with van der Waals surface area (Å²) in [7, 11) is 0. The third kappa shape index (κ3) is 12.2. The number of hydrogen-bond acceptors (Lipinski definition) is 8. The molecule has 8 nitrogen and oxygen atoms in total. The second-order valence-corrected chi connectivity index (χ2v) is 15.9. The minimum atomic E-state index is -8.89. The average Bonchev–Trinajstić information content (AvgIpc) is 3.25. The van der Waals surface area contributed by atoms with Gasteiger partial charge in [0.1, 0.15) is 0 Å². The van der Waals surface area contributed by atoms with Gasteiger partial charge in [-0.15, -0.1) is 0 Å². The van der Waals surface area contributed by atoms with Crippen LogP contribution in [0.15, 0.2) is 10.2 Å². The third-order valence-corrected chi connectivity index (χ3v) is 9.98. The van der Waals surface area contributed by atoms with E-state index >= 15 is 0 Å². The monoisotopic (exact) mass is 1200 g/mol. The molecule has 0 aliphatic rings. The van der Waals surface area contributed by atoms with Crippen LogP contribution in [-0.4, -0.2) is 131 Å². The fourth-order valence-electron chi connectivity index (χ4n) is 5.05. The van der Waals surface area contributed by atoms with Crippen molar-refractivity contribution < 1.29 is 168 Å². The zero-order valence-electron chi connectivity index (χ0n) is 36.3. The van der Waals surface area contributed by atoms with Gasteiger partial charge in [0.05, 0.1) is 38.2 Å². The largest absolute Gasteiger partial charge is 0.466 e. The normalized spacial score (nSPS) is 16.9. The predicted molar refractivity (Wildman–Crippen MR) is 173 cm³/mol. The van der Waals surface area contributed by atoms with Crippen molar-refractivity contribution in [2.24, 2.45) is 10.2 Å². The molecule has 0 spiro atoms. The molecule has 0 radical (unpaired) electrons. The zero-order chi connectivity index (χ0) is 61.5. The van der Waals surface area contributed by atoms with Crippen molar-refractivity contribution in [3.8, 4) is 12.1 Å². The molecular weight excluding hydrogens is 1170 g/mol. The fourth-order valence-corrected chi connectivity index (χ4v) is 5.05. The Bertz CT molecular complexity index is 2010. The number of hydrogen-bond donors (Lipinski definition) is 0. The summed E-state index contributed by atoms with van der Waals surface area (Å²) in [5.74, 6) is -122. The first-order chi connectivity index (χ1) is 33.0. The summed E-state index contributed by atoms with van der Waals surface area (Å²) in [5.41, 5.74) is -4.38. The molecule has 0 heterocycles. The number of ether oxygens (including phenoxy) is 2. The van der Waals surface area contributed by atoms with E-state index in [1.807, 2.05) is 0 Å². The molecular formula is C34H26F34N4O4. The lowest BCUT2D eigenvalue weighted by atomic mass is 9.88. The summed E-state index contributed by atoms with van der Waals surface area (Å²) in [5, 5.41) is 25.8. The van der Waals surface area contributed by atoms with Crippen LogP contribution < -0.4 is 0 Å². The number of nitrogens with zero attached hydrogens (tertiary/aromatic N) is 4. The number of halogens is 34. The van der Waals surface area contributed by atoms with Crippen LogP contribution in [0.25, 0.3) is 0 Å². The maximum atomic E-state index is 14.1. The Balaban J connectivity index is 5.69. The van der Waals surface area contributed by atoms with Crippen molar-refractivity contribution in [3.63, 3.8) is 0 Å². The van der Waals surface area contributed by atoms with E-state index in [1.54, 1.807) is 0 Å². The number of carbonyl (C=O) groups excluding carboxylic acids is 2. The molecule has 2 unspecified atom stereocenters. The van der Waals surface area contributed by atoms with Crippen molar-refractivity contribution in [1.29, 1.82) is 10.5 Å². The summed E-state index contributed by atoms with van der Waals surface area (Å²) in [6.45, 7) is -0.636. The van der Waals surface area contributed by atoms with Gasteiger partial charge >= 0.3 is 107 Å². The van der Waals surface area contributed by atoms with Crippen molar-refractivity contribution in [2.45, 2.75) is 172 Å². The van der Waals surface area contributed by atoms with Gasteiger partial charge in [0, 0.05) is 12.8 Å². The van der Waals surface area contributed by atoms with Crippen molar-refractivity contribution in [3.05, 3.63) is 0 Å². The quantitative estimate of drug-likeness (QED) is 0.0332. The average molecular weight is 1200 g/mol. The molecule has 2 atom stereocenters. The van der Waals surface area contributed by atoms with Crippen LogP contribution in [0.4, 0.5) is 149 Å². The smallest absolute Gasteiger partial charge is 0.460 e. The number of esters is 2. The van der Waals surface area contributed by atoms with Gasteiger partial charge in [-0.25, -0.2) is 0 Å². The summed E-state index contributed by atoms with van der Waals surface area (Å²) >= 11 is 0. The molecule has 0 aliphatic heterocycles. The van der Waals surface area contributed by atoms with E-state index < -0.39 is 183 Å². The molecule has 0 aromatic rings. The summed E-state index contributed by atoms with van der Waals surface area (Å²) in [4.78, 5) is 23.6. The standard InChI is InChI=1S/C34H26F34N4O4/c1-17(13-69,7-3-11-75-15(73)5-9-19(35,36)21(39,40)23(43,44)25(47,48)27(51,52)29(55,56)31(59,60)33(63,64)65)71-72-18(2,14-70)8-4-12-76-16(74)6-10-20(37,38)22(41,42)24(45,46)26(49,50)28(53,54)30(57,58)32(61,62)34(66,67)68/h3-12H2,1-2H3. The molecule has 0 fully saturated rings. The Morgan fingerprint density at radius 2 is 0.539 bits per heavy atom. The molecule has 0 aliphatic carbocycles. The van der Waals surface area contributed by atoms with E-state index in [0.29, 0.717) is 0 Å². The van der Waals surface area contributed by atoms with E-state index in [-0.39, 0.29) is 0 Å². The Hall–Kier alpha value is -4.86. The molecule has 444 valence electrons. The highest BCUT2D eigenvalue weighted by molar-refractivity contribution is 5.69. The second kappa shape index (κ2) is 21.4. The highest BCUT2D eigenvalue weighted by Gasteiger charge is 2.97. The van der Waals surface area contributed by atoms with Crippen molar-refractivity contribution >= 4 is 11.9 Å². The van der Waals surface area contributed by atoms with Gasteiger partial charge < -0.3 is 9.47 Å². The molecule has 0 N–H and O–H groups in total. The van der Waals surface area contributed by atoms with Crippen LogP contribution >= 0.6 is 0 Å². The molecule has 0 aromatic carbocycles. The first kappa shape index (κ1) is 71.1. The first-order valence-corrected chi connectivity index (χ1v) is 19.0. The number of carbonyl (C=O) groups is 2. The molecule has 0 bridgehead atoms. The lowest BCUT2D eigenvalue weighted by molar-refractivity contribution is -0.461. The van der Waals surface area contributed by atoms with E-state index in [9.17, 15) is 169 Å². The topological polar surface area (TPSA) is 125 Å². The highest BCUT2D eigenvalue weighted by Crippen LogP contribution is 2.66. The van der Waals surface area contributed by atoms with E-state index in [1.165, 1.54) is 12.1 Å². The SMILES string of the molecule is CC(C#N)(CCCOC(=O)CCC(F)(F)C(F)(F)C(F)(F)C(F)(F)C(F)(F)C(F)(F)C(F)(F)C(F)(F)F)N=NC(C)(C#N)CCCOC(=O)CCC(F)(F)C(F)(F)C(F)(F)C(F)(F)C(F)(F)C(F)(F)C(F)(F)C(F)(F)F. The number of alkyl halides is 34. The molecule has 42 heteroatoms. The van der Waals surface area contributed by atoms with Gasteiger partial charge in [-0.3, -0.25) is 9.59 Å². The zero-order valence-corrected chi connectivity index (χ0v) is 36.3. The Morgan fingerprint density at radius 1 is 0.342 bits per heavy atom. The number of nitriles is 2. The minimum absolute atomic E-state index is 0.731. The lowest BCUT2D eigenvalue weighted by Gasteiger charge is -2.42. The van der Waals surface area contributed by atoms with Crippen molar-refractivity contribution in [2.75, 3.05) is 13.2 Å².